The fraction of sp³-hybridized carbons (Fsp3) is 0.611. The lowest BCUT2D eigenvalue weighted by Gasteiger charge is -2.29. The van der Waals surface area contributed by atoms with Gasteiger partial charge in [-0.15, -0.1) is 12.4 Å². The first kappa shape index (κ1) is 19.2. The van der Waals surface area contributed by atoms with E-state index in [0.29, 0.717) is 18.9 Å². The van der Waals surface area contributed by atoms with Crippen LogP contribution in [0.2, 0.25) is 0 Å². The second kappa shape index (κ2) is 8.79. The number of piperazine rings is 1. The molecule has 24 heavy (non-hydrogen) atoms. The van der Waals surface area contributed by atoms with E-state index in [2.05, 4.69) is 17.1 Å². The van der Waals surface area contributed by atoms with Crippen LogP contribution in [0.3, 0.4) is 0 Å². The predicted octanol–water partition coefficient (Wildman–Crippen LogP) is 2.45. The number of hydrogen-bond donors (Lipinski definition) is 1. The van der Waals surface area contributed by atoms with E-state index in [1.54, 1.807) is 6.07 Å². The lowest BCUT2D eigenvalue weighted by molar-refractivity contribution is -0.132. The molecule has 1 N–H and O–H groups in total. The maximum absolute atomic E-state index is 14.1. The van der Waals surface area contributed by atoms with Crippen LogP contribution in [0.1, 0.15) is 31.4 Å². The third-order valence-electron chi connectivity index (χ3n) is 4.96. The van der Waals surface area contributed by atoms with Gasteiger partial charge in [0, 0.05) is 57.3 Å². The molecule has 0 saturated carbocycles. The van der Waals surface area contributed by atoms with Gasteiger partial charge in [0.1, 0.15) is 5.82 Å². The van der Waals surface area contributed by atoms with Crippen molar-refractivity contribution in [3.8, 4) is 0 Å². The van der Waals surface area contributed by atoms with Crippen molar-refractivity contribution < 1.29 is 9.18 Å². The summed E-state index contributed by atoms with van der Waals surface area (Å²) in [6.07, 6.45) is 1.49. The molecular formula is C18H27ClFN3O. The summed E-state index contributed by atoms with van der Waals surface area (Å²) in [4.78, 5) is 16.6. The SMILES string of the molecule is CC1CC(c2ccccc2F)N(CCC(=O)N2CCNCC2)C1.Cl. The number of carbonyl (C=O) groups is 1. The molecule has 1 aromatic rings. The van der Waals surface area contributed by atoms with E-state index in [4.69, 9.17) is 0 Å². The van der Waals surface area contributed by atoms with Crippen molar-refractivity contribution in [2.45, 2.75) is 25.8 Å². The number of hydrogen-bond acceptors (Lipinski definition) is 3. The highest BCUT2D eigenvalue weighted by Crippen LogP contribution is 2.36. The molecule has 0 aromatic heterocycles. The number of nitrogens with zero attached hydrogens (tertiary/aromatic N) is 2. The third kappa shape index (κ3) is 4.47. The highest BCUT2D eigenvalue weighted by molar-refractivity contribution is 5.85. The molecule has 2 unspecified atom stereocenters. The van der Waals surface area contributed by atoms with E-state index in [-0.39, 0.29) is 30.2 Å². The van der Waals surface area contributed by atoms with Crippen LogP contribution in [0.15, 0.2) is 24.3 Å². The molecule has 2 aliphatic heterocycles. The van der Waals surface area contributed by atoms with Crippen molar-refractivity contribution in [1.82, 2.24) is 15.1 Å². The van der Waals surface area contributed by atoms with Crippen LogP contribution < -0.4 is 5.32 Å². The van der Waals surface area contributed by atoms with E-state index in [0.717, 1.165) is 44.7 Å². The summed E-state index contributed by atoms with van der Waals surface area (Å²) in [6.45, 7) is 7.21. The monoisotopic (exact) mass is 355 g/mol. The summed E-state index contributed by atoms with van der Waals surface area (Å²) in [6, 6.07) is 7.13. The Morgan fingerprint density at radius 3 is 2.71 bits per heavy atom. The number of halogens is 2. The molecule has 3 rings (SSSR count). The summed E-state index contributed by atoms with van der Waals surface area (Å²) in [5.41, 5.74) is 0.770. The van der Waals surface area contributed by atoms with Gasteiger partial charge in [0.05, 0.1) is 0 Å². The average Bonchev–Trinajstić information content (AvgIpc) is 2.94. The normalized spacial score (nSPS) is 24.7. The first-order valence-electron chi connectivity index (χ1n) is 8.62. The largest absolute Gasteiger partial charge is 0.340 e. The topological polar surface area (TPSA) is 35.6 Å². The summed E-state index contributed by atoms with van der Waals surface area (Å²) in [5.74, 6) is 0.622. The Labute approximate surface area is 149 Å². The van der Waals surface area contributed by atoms with Crippen LogP contribution in [0.25, 0.3) is 0 Å². The highest BCUT2D eigenvalue weighted by Gasteiger charge is 2.32. The Bertz CT molecular complexity index is 551. The first-order chi connectivity index (χ1) is 11.1. The van der Waals surface area contributed by atoms with Crippen molar-refractivity contribution >= 4 is 18.3 Å². The second-order valence-electron chi connectivity index (χ2n) is 6.75. The molecule has 1 amide bonds. The van der Waals surface area contributed by atoms with Gasteiger partial charge in [-0.1, -0.05) is 25.1 Å². The van der Waals surface area contributed by atoms with Gasteiger partial charge in [-0.05, 0) is 18.4 Å². The number of benzene rings is 1. The summed E-state index contributed by atoms with van der Waals surface area (Å²) in [5, 5.41) is 3.26. The molecule has 2 saturated heterocycles. The molecule has 2 aliphatic rings. The second-order valence-corrected chi connectivity index (χ2v) is 6.75. The summed E-state index contributed by atoms with van der Waals surface area (Å²) >= 11 is 0. The fourth-order valence-electron chi connectivity index (χ4n) is 3.76. The number of rotatable bonds is 4. The summed E-state index contributed by atoms with van der Waals surface area (Å²) in [7, 11) is 0. The van der Waals surface area contributed by atoms with Crippen LogP contribution >= 0.6 is 12.4 Å². The molecule has 0 aliphatic carbocycles. The van der Waals surface area contributed by atoms with Gasteiger partial charge in [-0.3, -0.25) is 9.69 Å². The maximum Gasteiger partial charge on any atom is 0.223 e. The van der Waals surface area contributed by atoms with Crippen LogP contribution in [-0.4, -0.2) is 55.0 Å². The van der Waals surface area contributed by atoms with E-state index >= 15 is 0 Å². The molecule has 0 bridgehead atoms. The highest BCUT2D eigenvalue weighted by atomic mass is 35.5. The van der Waals surface area contributed by atoms with Gasteiger partial charge in [0.2, 0.25) is 5.91 Å². The van der Waals surface area contributed by atoms with Crippen LogP contribution in [0.4, 0.5) is 4.39 Å². The Balaban J connectivity index is 0.00000208. The van der Waals surface area contributed by atoms with Gasteiger partial charge in [0.15, 0.2) is 0 Å². The zero-order valence-corrected chi connectivity index (χ0v) is 15.0. The smallest absolute Gasteiger partial charge is 0.223 e. The zero-order valence-electron chi connectivity index (χ0n) is 14.2. The van der Waals surface area contributed by atoms with Gasteiger partial charge < -0.3 is 10.2 Å². The molecule has 1 aromatic carbocycles. The Kier molecular flexibility index (Phi) is 7.02. The molecular weight excluding hydrogens is 329 g/mol. The van der Waals surface area contributed by atoms with E-state index in [1.807, 2.05) is 17.0 Å². The van der Waals surface area contributed by atoms with E-state index < -0.39 is 0 Å². The molecule has 4 nitrogen and oxygen atoms in total. The molecule has 2 fully saturated rings. The Morgan fingerprint density at radius 2 is 2.00 bits per heavy atom. The van der Waals surface area contributed by atoms with Crippen molar-refractivity contribution in [1.29, 1.82) is 0 Å². The maximum atomic E-state index is 14.1. The lowest BCUT2D eigenvalue weighted by Crippen LogP contribution is -2.47. The first-order valence-corrected chi connectivity index (χ1v) is 8.62. The molecule has 6 heteroatoms. The van der Waals surface area contributed by atoms with E-state index in [9.17, 15) is 9.18 Å². The van der Waals surface area contributed by atoms with E-state index in [1.165, 1.54) is 6.07 Å². The lowest BCUT2D eigenvalue weighted by atomic mass is 10.0. The van der Waals surface area contributed by atoms with Crippen LogP contribution in [0, 0.1) is 11.7 Å². The van der Waals surface area contributed by atoms with Crippen molar-refractivity contribution in [3.05, 3.63) is 35.6 Å². The van der Waals surface area contributed by atoms with Crippen molar-refractivity contribution in [2.24, 2.45) is 5.92 Å². The number of nitrogens with one attached hydrogen (secondary N) is 1. The van der Waals surface area contributed by atoms with Gasteiger partial charge in [-0.2, -0.15) is 0 Å². The minimum Gasteiger partial charge on any atom is -0.340 e. The van der Waals surface area contributed by atoms with Gasteiger partial charge >= 0.3 is 0 Å². The number of amides is 1. The van der Waals surface area contributed by atoms with Crippen molar-refractivity contribution in [3.63, 3.8) is 0 Å². The number of likely N-dealkylation sites (tertiary alicyclic amines) is 1. The summed E-state index contributed by atoms with van der Waals surface area (Å²) < 4.78 is 14.1. The van der Waals surface area contributed by atoms with Crippen LogP contribution in [-0.2, 0) is 4.79 Å². The standard InChI is InChI=1S/C18H26FN3O.ClH/c1-14-12-17(15-4-2-3-5-16(15)19)22(13-14)9-6-18(23)21-10-7-20-8-11-21;/h2-5,14,17,20H,6-13H2,1H3;1H. The molecule has 2 atom stereocenters. The van der Waals surface area contributed by atoms with Gasteiger partial charge in [-0.25, -0.2) is 4.39 Å². The minimum absolute atomic E-state index is 0. The molecule has 0 spiro atoms. The third-order valence-corrected chi connectivity index (χ3v) is 4.96. The molecule has 0 radical (unpaired) electrons. The van der Waals surface area contributed by atoms with Crippen LogP contribution in [0.5, 0.6) is 0 Å². The zero-order chi connectivity index (χ0) is 16.2. The quantitative estimate of drug-likeness (QED) is 0.901. The minimum atomic E-state index is -0.134. The molecule has 134 valence electrons. The molecule has 2 heterocycles. The van der Waals surface area contributed by atoms with Crippen molar-refractivity contribution in [2.75, 3.05) is 39.3 Å². The predicted molar refractivity (Wildman–Crippen MR) is 95.8 cm³/mol. The fourth-order valence-corrected chi connectivity index (χ4v) is 3.76. The Morgan fingerprint density at radius 1 is 1.29 bits per heavy atom. The number of carbonyl (C=O) groups excluding carboxylic acids is 1. The van der Waals surface area contributed by atoms with Gasteiger partial charge in [0.25, 0.3) is 0 Å². The average molecular weight is 356 g/mol. The Hall–Kier alpha value is -1.17.